The number of aliphatic hydroxyl groups excluding tert-OH is 1. The topological polar surface area (TPSA) is 65.7 Å². The summed E-state index contributed by atoms with van der Waals surface area (Å²) in [5, 5.41) is 14.0. The van der Waals surface area contributed by atoms with Crippen molar-refractivity contribution in [3.63, 3.8) is 0 Å². The number of hydrogen-bond acceptors (Lipinski definition) is 3. The second-order valence-electron chi connectivity index (χ2n) is 6.90. The van der Waals surface area contributed by atoms with Gasteiger partial charge in [-0.05, 0) is 32.8 Å². The van der Waals surface area contributed by atoms with Gasteiger partial charge in [-0.15, -0.1) is 0 Å². The first-order chi connectivity index (χ1) is 11.5. The van der Waals surface area contributed by atoms with Crippen LogP contribution < -0.4 is 5.32 Å². The van der Waals surface area contributed by atoms with E-state index in [-0.39, 0.29) is 24.1 Å². The van der Waals surface area contributed by atoms with Gasteiger partial charge in [0.1, 0.15) is 11.3 Å². The average molecular weight is 330 g/mol. The second-order valence-corrected chi connectivity index (χ2v) is 6.90. The van der Waals surface area contributed by atoms with Crippen molar-refractivity contribution in [2.24, 2.45) is 5.92 Å². The van der Waals surface area contributed by atoms with Crippen molar-refractivity contribution >= 4 is 17.0 Å². The average Bonchev–Trinajstić information content (AvgIpc) is 3.11. The normalized spacial score (nSPS) is 21.8. The van der Waals surface area contributed by atoms with Crippen molar-refractivity contribution in [1.29, 1.82) is 0 Å². The van der Waals surface area contributed by atoms with E-state index in [2.05, 4.69) is 5.32 Å². The molecule has 0 saturated heterocycles. The molecule has 0 spiro atoms. The summed E-state index contributed by atoms with van der Waals surface area (Å²) in [6, 6.07) is 7.55. The highest BCUT2D eigenvalue weighted by molar-refractivity contribution is 5.82. The molecule has 0 aliphatic heterocycles. The molecule has 2 aromatic rings. The van der Waals surface area contributed by atoms with Crippen molar-refractivity contribution < 1.29 is 14.3 Å². The number of benzene rings is 1. The van der Waals surface area contributed by atoms with Gasteiger partial charge in [0.05, 0.1) is 12.1 Å². The first kappa shape index (κ1) is 16.8. The molecule has 1 aromatic heterocycles. The molecule has 130 valence electrons. The van der Waals surface area contributed by atoms with Gasteiger partial charge in [0, 0.05) is 30.5 Å². The van der Waals surface area contributed by atoms with E-state index in [1.165, 1.54) is 0 Å². The van der Waals surface area contributed by atoms with E-state index in [1.807, 2.05) is 38.1 Å². The van der Waals surface area contributed by atoms with Crippen molar-refractivity contribution in [2.45, 2.75) is 45.3 Å². The molecule has 1 fully saturated rings. The van der Waals surface area contributed by atoms with Crippen LogP contribution in [0.25, 0.3) is 11.0 Å². The number of amides is 2. The van der Waals surface area contributed by atoms with E-state index in [9.17, 15) is 9.90 Å². The molecule has 3 atom stereocenters. The number of furan rings is 1. The van der Waals surface area contributed by atoms with Crippen LogP contribution in [-0.4, -0.2) is 35.7 Å². The minimum Gasteiger partial charge on any atom is -0.459 e. The summed E-state index contributed by atoms with van der Waals surface area (Å²) < 4.78 is 5.92. The van der Waals surface area contributed by atoms with Gasteiger partial charge in [-0.1, -0.05) is 24.6 Å². The summed E-state index contributed by atoms with van der Waals surface area (Å²) in [4.78, 5) is 14.1. The predicted molar refractivity (Wildman–Crippen MR) is 93.9 cm³/mol. The number of hydrogen-bond donors (Lipinski definition) is 2. The van der Waals surface area contributed by atoms with Crippen LogP contribution in [-0.2, 0) is 0 Å². The number of rotatable bonds is 4. The molecule has 3 unspecified atom stereocenters. The van der Waals surface area contributed by atoms with E-state index >= 15 is 0 Å². The van der Waals surface area contributed by atoms with Gasteiger partial charge in [0.25, 0.3) is 0 Å². The van der Waals surface area contributed by atoms with E-state index in [1.54, 1.807) is 11.9 Å². The zero-order chi connectivity index (χ0) is 17.3. The van der Waals surface area contributed by atoms with Crippen molar-refractivity contribution in [3.05, 3.63) is 35.6 Å². The number of fused-ring (bicyclic) bond motifs is 1. The number of nitrogens with one attached hydrogen (secondary N) is 1. The van der Waals surface area contributed by atoms with Crippen LogP contribution in [0.4, 0.5) is 4.79 Å². The quantitative estimate of drug-likeness (QED) is 0.900. The third-order valence-corrected chi connectivity index (χ3v) is 5.09. The third-order valence-electron chi connectivity index (χ3n) is 5.09. The van der Waals surface area contributed by atoms with E-state index < -0.39 is 0 Å². The van der Waals surface area contributed by atoms with Crippen LogP contribution in [0.1, 0.15) is 43.6 Å². The molecular formula is C19H26N2O3. The lowest BCUT2D eigenvalue weighted by Crippen LogP contribution is -2.42. The Hall–Kier alpha value is -2.01. The molecule has 2 amide bonds. The fourth-order valence-electron chi connectivity index (χ4n) is 3.63. The Morgan fingerprint density at radius 1 is 1.42 bits per heavy atom. The Labute approximate surface area is 142 Å². The van der Waals surface area contributed by atoms with Gasteiger partial charge in [-0.2, -0.15) is 0 Å². The lowest BCUT2D eigenvalue weighted by molar-refractivity contribution is 0.113. The van der Waals surface area contributed by atoms with Gasteiger partial charge < -0.3 is 19.7 Å². The van der Waals surface area contributed by atoms with Crippen LogP contribution in [0.5, 0.6) is 0 Å². The maximum Gasteiger partial charge on any atom is 0.317 e. The number of aryl methyl sites for hydroxylation is 1. The lowest BCUT2D eigenvalue weighted by atomic mass is 10.1. The Balaban J connectivity index is 1.65. The van der Waals surface area contributed by atoms with E-state index in [0.717, 1.165) is 41.6 Å². The van der Waals surface area contributed by atoms with E-state index in [4.69, 9.17) is 4.42 Å². The summed E-state index contributed by atoms with van der Waals surface area (Å²) in [6.07, 6.45) is 2.58. The minimum absolute atomic E-state index is 0.138. The molecule has 2 N–H and O–H groups in total. The Kier molecular flexibility index (Phi) is 4.81. The molecule has 1 aromatic carbocycles. The molecular weight excluding hydrogens is 304 g/mol. The SMILES string of the molecule is Cc1c(C(C)NC(=O)N(C)CC2CCCC2O)oc2ccccc12. The fourth-order valence-corrected chi connectivity index (χ4v) is 3.63. The number of nitrogens with zero attached hydrogens (tertiary/aromatic N) is 1. The Morgan fingerprint density at radius 2 is 2.17 bits per heavy atom. The van der Waals surface area contributed by atoms with Crippen molar-refractivity contribution in [3.8, 4) is 0 Å². The number of urea groups is 1. The van der Waals surface area contributed by atoms with Gasteiger partial charge >= 0.3 is 6.03 Å². The molecule has 1 saturated carbocycles. The van der Waals surface area contributed by atoms with Gasteiger partial charge in [0.15, 0.2) is 0 Å². The van der Waals surface area contributed by atoms with Gasteiger partial charge in [-0.3, -0.25) is 0 Å². The zero-order valence-electron chi connectivity index (χ0n) is 14.6. The summed E-state index contributed by atoms with van der Waals surface area (Å²) >= 11 is 0. The maximum atomic E-state index is 12.4. The molecule has 0 radical (unpaired) electrons. The predicted octanol–water partition coefficient (Wildman–Crippen LogP) is 3.60. The Morgan fingerprint density at radius 3 is 2.83 bits per heavy atom. The molecule has 1 heterocycles. The van der Waals surface area contributed by atoms with Crippen LogP contribution in [0.3, 0.4) is 0 Å². The number of carbonyl (C=O) groups excluding carboxylic acids is 1. The maximum absolute atomic E-state index is 12.4. The lowest BCUT2D eigenvalue weighted by Gasteiger charge is -2.25. The monoisotopic (exact) mass is 330 g/mol. The van der Waals surface area contributed by atoms with E-state index in [0.29, 0.717) is 6.54 Å². The first-order valence-corrected chi connectivity index (χ1v) is 8.65. The van der Waals surface area contributed by atoms with Crippen LogP contribution in [0.2, 0.25) is 0 Å². The third kappa shape index (κ3) is 3.26. The smallest absolute Gasteiger partial charge is 0.317 e. The zero-order valence-corrected chi connectivity index (χ0v) is 14.6. The fraction of sp³-hybridized carbons (Fsp3) is 0.526. The standard InChI is InChI=1S/C19H26N2O3/c1-12-15-8-4-5-10-17(15)24-18(12)13(2)20-19(23)21(3)11-14-7-6-9-16(14)22/h4-5,8,10,13-14,16,22H,6-7,9,11H2,1-3H3,(H,20,23). The number of para-hydroxylation sites is 1. The first-order valence-electron chi connectivity index (χ1n) is 8.65. The molecule has 24 heavy (non-hydrogen) atoms. The molecule has 3 rings (SSSR count). The van der Waals surface area contributed by atoms with Gasteiger partial charge in [0.2, 0.25) is 0 Å². The van der Waals surface area contributed by atoms with Crippen LogP contribution in [0, 0.1) is 12.8 Å². The molecule has 5 nitrogen and oxygen atoms in total. The molecule has 0 bridgehead atoms. The highest BCUT2D eigenvalue weighted by Gasteiger charge is 2.28. The molecule has 1 aliphatic rings. The van der Waals surface area contributed by atoms with Crippen molar-refractivity contribution in [2.75, 3.05) is 13.6 Å². The summed E-state index contributed by atoms with van der Waals surface area (Å²) in [5.41, 5.74) is 1.90. The molecule has 5 heteroatoms. The minimum atomic E-state index is -0.282. The molecule has 1 aliphatic carbocycles. The number of carbonyl (C=O) groups is 1. The summed E-state index contributed by atoms with van der Waals surface area (Å²) in [6.45, 7) is 4.53. The highest BCUT2D eigenvalue weighted by Crippen LogP contribution is 2.29. The van der Waals surface area contributed by atoms with Crippen LogP contribution in [0.15, 0.2) is 28.7 Å². The second kappa shape index (κ2) is 6.85. The Bertz CT molecular complexity index is 724. The van der Waals surface area contributed by atoms with Gasteiger partial charge in [-0.25, -0.2) is 4.79 Å². The number of aliphatic hydroxyl groups is 1. The summed E-state index contributed by atoms with van der Waals surface area (Å²) in [7, 11) is 1.78. The van der Waals surface area contributed by atoms with Crippen molar-refractivity contribution in [1.82, 2.24) is 10.2 Å². The van der Waals surface area contributed by atoms with Crippen LogP contribution >= 0.6 is 0 Å². The summed E-state index contributed by atoms with van der Waals surface area (Å²) in [5.74, 6) is 0.975. The largest absolute Gasteiger partial charge is 0.459 e. The highest BCUT2D eigenvalue weighted by atomic mass is 16.3.